The molecule has 0 aliphatic carbocycles. The fourth-order valence-electron chi connectivity index (χ4n) is 2.71. The molecule has 1 aliphatic heterocycles. The van der Waals surface area contributed by atoms with Gasteiger partial charge in [0.05, 0.1) is 20.3 Å². The Hall–Kier alpha value is -1.42. The van der Waals surface area contributed by atoms with Crippen LogP contribution < -0.4 is 19.5 Å². The van der Waals surface area contributed by atoms with E-state index in [1.807, 2.05) is 19.9 Å². The van der Waals surface area contributed by atoms with E-state index in [1.165, 1.54) is 18.4 Å². The molecule has 0 radical (unpaired) electrons. The molecule has 20 heavy (non-hydrogen) atoms. The van der Waals surface area contributed by atoms with E-state index in [2.05, 4.69) is 11.4 Å². The summed E-state index contributed by atoms with van der Waals surface area (Å²) >= 11 is 0. The van der Waals surface area contributed by atoms with Gasteiger partial charge in [-0.3, -0.25) is 0 Å². The average molecular weight is 279 g/mol. The Balaban J connectivity index is 2.43. The molecule has 0 saturated carbocycles. The Labute approximate surface area is 121 Å². The third-order valence-corrected chi connectivity index (χ3v) is 3.62. The molecule has 4 heteroatoms. The molecule has 1 heterocycles. The van der Waals surface area contributed by atoms with Crippen molar-refractivity contribution in [3.8, 4) is 17.2 Å². The van der Waals surface area contributed by atoms with Gasteiger partial charge in [0.25, 0.3) is 0 Å². The smallest absolute Gasteiger partial charge is 0.203 e. The van der Waals surface area contributed by atoms with E-state index >= 15 is 0 Å². The number of benzene rings is 1. The van der Waals surface area contributed by atoms with Crippen LogP contribution in [0.4, 0.5) is 0 Å². The molecule has 112 valence electrons. The molecule has 1 atom stereocenters. The van der Waals surface area contributed by atoms with Gasteiger partial charge in [0.2, 0.25) is 5.75 Å². The van der Waals surface area contributed by atoms with Crippen LogP contribution in [0, 0.1) is 0 Å². The summed E-state index contributed by atoms with van der Waals surface area (Å²) < 4.78 is 16.9. The van der Waals surface area contributed by atoms with Gasteiger partial charge in [-0.1, -0.05) is 6.07 Å². The molecule has 1 fully saturated rings. The first-order valence-electron chi connectivity index (χ1n) is 7.29. The average Bonchev–Trinajstić information content (AvgIpc) is 2.47. The number of rotatable bonds is 5. The van der Waals surface area contributed by atoms with Gasteiger partial charge in [-0.2, -0.15) is 0 Å². The van der Waals surface area contributed by atoms with E-state index in [9.17, 15) is 0 Å². The Morgan fingerprint density at radius 2 is 1.95 bits per heavy atom. The number of nitrogens with one attached hydrogen (secondary N) is 1. The Morgan fingerprint density at radius 1 is 1.15 bits per heavy atom. The van der Waals surface area contributed by atoms with E-state index < -0.39 is 0 Å². The molecule has 0 bridgehead atoms. The summed E-state index contributed by atoms with van der Waals surface area (Å²) in [6.45, 7) is 6.15. The van der Waals surface area contributed by atoms with Crippen molar-refractivity contribution in [2.75, 3.05) is 27.3 Å². The van der Waals surface area contributed by atoms with Crippen molar-refractivity contribution >= 4 is 0 Å². The lowest BCUT2D eigenvalue weighted by Crippen LogP contribution is -2.28. The van der Waals surface area contributed by atoms with Gasteiger partial charge in [-0.05, 0) is 39.3 Å². The summed E-state index contributed by atoms with van der Waals surface area (Å²) in [6.07, 6.45) is 2.48. The summed E-state index contributed by atoms with van der Waals surface area (Å²) in [5.41, 5.74) is 1.21. The lowest BCUT2D eigenvalue weighted by atomic mass is 9.90. The Morgan fingerprint density at radius 3 is 2.50 bits per heavy atom. The monoisotopic (exact) mass is 279 g/mol. The minimum absolute atomic E-state index is 0.103. The second-order valence-electron chi connectivity index (χ2n) is 5.43. The summed E-state index contributed by atoms with van der Waals surface area (Å²) in [5.74, 6) is 2.72. The van der Waals surface area contributed by atoms with Crippen molar-refractivity contribution < 1.29 is 14.2 Å². The standard InChI is InChI=1S/C16H25NO3/c1-11(2)20-15-13(12-6-5-9-17-10-12)7-8-14(18-3)16(15)19-4/h7-8,11-12,17H,5-6,9-10H2,1-4H3. The van der Waals surface area contributed by atoms with Gasteiger partial charge in [-0.25, -0.2) is 0 Å². The molecule has 1 saturated heterocycles. The second-order valence-corrected chi connectivity index (χ2v) is 5.43. The quantitative estimate of drug-likeness (QED) is 0.899. The molecular weight excluding hydrogens is 254 g/mol. The molecule has 0 amide bonds. The maximum atomic E-state index is 6.03. The molecule has 0 aromatic heterocycles. The molecule has 2 rings (SSSR count). The lowest BCUT2D eigenvalue weighted by Gasteiger charge is -2.27. The molecule has 1 N–H and O–H groups in total. The number of methoxy groups -OCH3 is 2. The molecular formula is C16H25NO3. The molecule has 0 spiro atoms. The fraction of sp³-hybridized carbons (Fsp3) is 0.625. The maximum Gasteiger partial charge on any atom is 0.203 e. The van der Waals surface area contributed by atoms with Crippen LogP contribution in [0.1, 0.15) is 38.2 Å². The van der Waals surface area contributed by atoms with E-state index in [0.717, 1.165) is 24.6 Å². The van der Waals surface area contributed by atoms with E-state index in [1.54, 1.807) is 14.2 Å². The molecule has 1 unspecified atom stereocenters. The summed E-state index contributed by atoms with van der Waals surface area (Å²) in [5, 5.41) is 3.45. The predicted octanol–water partition coefficient (Wildman–Crippen LogP) is 2.96. The summed E-state index contributed by atoms with van der Waals surface area (Å²) in [7, 11) is 3.31. The predicted molar refractivity (Wildman–Crippen MR) is 80.2 cm³/mol. The van der Waals surface area contributed by atoms with Gasteiger partial charge in [0.15, 0.2) is 11.5 Å². The zero-order valence-corrected chi connectivity index (χ0v) is 12.9. The zero-order valence-electron chi connectivity index (χ0n) is 12.9. The number of hydrogen-bond donors (Lipinski definition) is 1. The van der Waals surface area contributed by atoms with Gasteiger partial charge < -0.3 is 19.5 Å². The fourth-order valence-corrected chi connectivity index (χ4v) is 2.71. The largest absolute Gasteiger partial charge is 0.493 e. The van der Waals surface area contributed by atoms with Crippen molar-refractivity contribution in [2.45, 2.75) is 38.7 Å². The highest BCUT2D eigenvalue weighted by molar-refractivity contribution is 5.57. The van der Waals surface area contributed by atoms with Gasteiger partial charge in [-0.15, -0.1) is 0 Å². The normalized spacial score (nSPS) is 18.9. The van der Waals surface area contributed by atoms with Crippen molar-refractivity contribution in [3.05, 3.63) is 17.7 Å². The molecule has 1 aliphatic rings. The molecule has 1 aromatic rings. The van der Waals surface area contributed by atoms with Crippen LogP contribution in [-0.2, 0) is 0 Å². The van der Waals surface area contributed by atoms with Crippen LogP contribution in [0.3, 0.4) is 0 Å². The molecule has 4 nitrogen and oxygen atoms in total. The zero-order chi connectivity index (χ0) is 14.5. The molecule has 1 aromatic carbocycles. The van der Waals surface area contributed by atoms with Crippen LogP contribution >= 0.6 is 0 Å². The van der Waals surface area contributed by atoms with E-state index in [4.69, 9.17) is 14.2 Å². The number of hydrogen-bond acceptors (Lipinski definition) is 4. The third-order valence-electron chi connectivity index (χ3n) is 3.62. The number of piperidine rings is 1. The van der Waals surface area contributed by atoms with Crippen molar-refractivity contribution in [1.29, 1.82) is 0 Å². The first-order chi connectivity index (χ1) is 9.67. The topological polar surface area (TPSA) is 39.7 Å². The third kappa shape index (κ3) is 3.18. The Bertz CT molecular complexity index is 440. The first kappa shape index (κ1) is 15.0. The van der Waals surface area contributed by atoms with E-state index in [0.29, 0.717) is 11.7 Å². The van der Waals surface area contributed by atoms with Gasteiger partial charge >= 0.3 is 0 Å². The van der Waals surface area contributed by atoms with Crippen molar-refractivity contribution in [2.24, 2.45) is 0 Å². The SMILES string of the molecule is COc1ccc(C2CCCNC2)c(OC(C)C)c1OC. The van der Waals surface area contributed by atoms with Crippen LogP contribution in [0.5, 0.6) is 17.2 Å². The van der Waals surface area contributed by atoms with Crippen LogP contribution in [0.25, 0.3) is 0 Å². The Kier molecular flexibility index (Phi) is 5.12. The van der Waals surface area contributed by atoms with Crippen LogP contribution in [-0.4, -0.2) is 33.4 Å². The highest BCUT2D eigenvalue weighted by Gasteiger charge is 2.24. The second kappa shape index (κ2) is 6.84. The van der Waals surface area contributed by atoms with Gasteiger partial charge in [0, 0.05) is 18.0 Å². The van der Waals surface area contributed by atoms with Crippen LogP contribution in [0.2, 0.25) is 0 Å². The highest BCUT2D eigenvalue weighted by atomic mass is 16.5. The van der Waals surface area contributed by atoms with E-state index in [-0.39, 0.29) is 6.10 Å². The highest BCUT2D eigenvalue weighted by Crippen LogP contribution is 2.44. The van der Waals surface area contributed by atoms with Crippen molar-refractivity contribution in [3.63, 3.8) is 0 Å². The van der Waals surface area contributed by atoms with Crippen molar-refractivity contribution in [1.82, 2.24) is 5.32 Å². The number of ether oxygens (including phenoxy) is 3. The minimum Gasteiger partial charge on any atom is -0.493 e. The summed E-state index contributed by atoms with van der Waals surface area (Å²) in [4.78, 5) is 0. The van der Waals surface area contributed by atoms with Crippen LogP contribution in [0.15, 0.2) is 12.1 Å². The minimum atomic E-state index is 0.103. The van der Waals surface area contributed by atoms with Gasteiger partial charge in [0.1, 0.15) is 0 Å². The first-order valence-corrected chi connectivity index (χ1v) is 7.29. The lowest BCUT2D eigenvalue weighted by molar-refractivity contribution is 0.221. The summed E-state index contributed by atoms with van der Waals surface area (Å²) in [6, 6.07) is 4.08. The maximum absolute atomic E-state index is 6.03.